The van der Waals surface area contributed by atoms with Gasteiger partial charge in [-0.15, -0.1) is 0 Å². The lowest BCUT2D eigenvalue weighted by Crippen LogP contribution is -2.36. The molecule has 2 aliphatic rings. The van der Waals surface area contributed by atoms with E-state index in [2.05, 4.69) is 22.3 Å². The van der Waals surface area contributed by atoms with Crippen LogP contribution in [0.4, 0.5) is 11.4 Å². The molecule has 0 aromatic heterocycles. The summed E-state index contributed by atoms with van der Waals surface area (Å²) in [6.45, 7) is 3.37. The zero-order valence-corrected chi connectivity index (χ0v) is 13.8. The molecule has 4 nitrogen and oxygen atoms in total. The Morgan fingerprint density at radius 1 is 1.08 bits per heavy atom. The maximum Gasteiger partial charge on any atom is 0.256 e. The number of benzene rings is 2. The molecule has 2 heterocycles. The lowest BCUT2D eigenvalue weighted by molar-refractivity contribution is -0.110. The van der Waals surface area contributed by atoms with Crippen LogP contribution < -0.4 is 10.2 Å². The summed E-state index contributed by atoms with van der Waals surface area (Å²) in [5.41, 5.74) is 4.51. The molecule has 0 aliphatic carbocycles. The van der Waals surface area contributed by atoms with Crippen molar-refractivity contribution < 1.29 is 9.53 Å². The third-order valence-corrected chi connectivity index (χ3v) is 4.58. The molecular formula is C19H17ClN2O2. The van der Waals surface area contributed by atoms with Crippen molar-refractivity contribution in [3.8, 4) is 0 Å². The van der Waals surface area contributed by atoms with Crippen LogP contribution in [0.25, 0.3) is 11.6 Å². The first-order valence-corrected chi connectivity index (χ1v) is 8.34. The molecule has 4 rings (SSSR count). The lowest BCUT2D eigenvalue weighted by atomic mass is 10.0. The van der Waals surface area contributed by atoms with Crippen molar-refractivity contribution in [3.05, 3.63) is 58.6 Å². The summed E-state index contributed by atoms with van der Waals surface area (Å²) in [4.78, 5) is 14.5. The summed E-state index contributed by atoms with van der Waals surface area (Å²) in [7, 11) is 0. The lowest BCUT2D eigenvalue weighted by Gasteiger charge is -2.28. The number of carbonyl (C=O) groups is 1. The van der Waals surface area contributed by atoms with E-state index in [0.29, 0.717) is 10.6 Å². The molecule has 2 aliphatic heterocycles. The van der Waals surface area contributed by atoms with E-state index in [1.807, 2.05) is 24.3 Å². The number of anilines is 2. The highest BCUT2D eigenvalue weighted by molar-refractivity contribution is 6.36. The Balaban J connectivity index is 1.61. The number of rotatable bonds is 2. The second-order valence-corrected chi connectivity index (χ2v) is 6.33. The van der Waals surface area contributed by atoms with E-state index in [9.17, 15) is 4.79 Å². The van der Waals surface area contributed by atoms with Crippen LogP contribution in [-0.4, -0.2) is 32.2 Å². The number of fused-ring (bicyclic) bond motifs is 1. The Kier molecular flexibility index (Phi) is 4.00. The molecule has 2 aromatic rings. The van der Waals surface area contributed by atoms with Gasteiger partial charge in [-0.05, 0) is 35.9 Å². The molecule has 0 atom stereocenters. The van der Waals surface area contributed by atoms with Crippen molar-refractivity contribution in [2.24, 2.45) is 0 Å². The summed E-state index contributed by atoms with van der Waals surface area (Å²) >= 11 is 5.99. The Morgan fingerprint density at radius 2 is 1.83 bits per heavy atom. The number of nitrogens with zero attached hydrogens (tertiary/aromatic N) is 1. The van der Waals surface area contributed by atoms with Crippen LogP contribution in [0.3, 0.4) is 0 Å². The maximum atomic E-state index is 12.2. The van der Waals surface area contributed by atoms with Crippen LogP contribution in [0.15, 0.2) is 42.5 Å². The van der Waals surface area contributed by atoms with E-state index in [1.165, 1.54) is 5.69 Å². The fourth-order valence-electron chi connectivity index (χ4n) is 3.08. The van der Waals surface area contributed by atoms with Gasteiger partial charge in [0, 0.05) is 34.9 Å². The molecule has 0 unspecified atom stereocenters. The number of amides is 1. The molecule has 0 bridgehead atoms. The number of carbonyl (C=O) groups excluding carboxylic acids is 1. The zero-order chi connectivity index (χ0) is 16.5. The number of nitrogens with one attached hydrogen (secondary N) is 1. The van der Waals surface area contributed by atoms with Crippen molar-refractivity contribution in [3.63, 3.8) is 0 Å². The van der Waals surface area contributed by atoms with Gasteiger partial charge in [0.25, 0.3) is 5.91 Å². The first kappa shape index (κ1) is 15.2. The number of hydrogen-bond acceptors (Lipinski definition) is 3. The number of hydrogen-bond donors (Lipinski definition) is 1. The molecule has 0 saturated carbocycles. The molecule has 24 heavy (non-hydrogen) atoms. The quantitative estimate of drug-likeness (QED) is 0.848. The Morgan fingerprint density at radius 3 is 2.58 bits per heavy atom. The molecule has 122 valence electrons. The van der Waals surface area contributed by atoms with Crippen molar-refractivity contribution in [1.82, 2.24) is 0 Å². The Labute approximate surface area is 145 Å². The van der Waals surface area contributed by atoms with Gasteiger partial charge in [-0.3, -0.25) is 4.79 Å². The molecule has 2 aromatic carbocycles. The van der Waals surface area contributed by atoms with Gasteiger partial charge in [0.2, 0.25) is 0 Å². The fourth-order valence-corrected chi connectivity index (χ4v) is 3.25. The van der Waals surface area contributed by atoms with Crippen molar-refractivity contribution in [2.45, 2.75) is 0 Å². The third-order valence-electron chi connectivity index (χ3n) is 4.34. The Hall–Kier alpha value is -2.30. The number of morpholine rings is 1. The van der Waals surface area contributed by atoms with Gasteiger partial charge < -0.3 is 15.0 Å². The predicted molar refractivity (Wildman–Crippen MR) is 97.4 cm³/mol. The second-order valence-electron chi connectivity index (χ2n) is 5.89. The van der Waals surface area contributed by atoms with E-state index in [4.69, 9.17) is 16.3 Å². The van der Waals surface area contributed by atoms with Crippen LogP contribution in [-0.2, 0) is 9.53 Å². The Bertz CT molecular complexity index is 809. The minimum absolute atomic E-state index is 0.0930. The highest BCUT2D eigenvalue weighted by Crippen LogP contribution is 2.35. The van der Waals surface area contributed by atoms with E-state index < -0.39 is 0 Å². The monoisotopic (exact) mass is 340 g/mol. The van der Waals surface area contributed by atoms with Crippen LogP contribution >= 0.6 is 11.6 Å². The molecule has 1 saturated heterocycles. The third kappa shape index (κ3) is 2.90. The molecule has 1 amide bonds. The highest BCUT2D eigenvalue weighted by Gasteiger charge is 2.24. The van der Waals surface area contributed by atoms with Crippen LogP contribution in [0.1, 0.15) is 11.1 Å². The maximum absolute atomic E-state index is 12.2. The molecule has 1 N–H and O–H groups in total. The van der Waals surface area contributed by atoms with E-state index in [1.54, 1.807) is 12.1 Å². The molecule has 0 radical (unpaired) electrons. The predicted octanol–water partition coefficient (Wildman–Crippen LogP) is 3.67. The van der Waals surface area contributed by atoms with Crippen molar-refractivity contribution in [1.29, 1.82) is 0 Å². The molecular weight excluding hydrogens is 324 g/mol. The van der Waals surface area contributed by atoms with Crippen molar-refractivity contribution in [2.75, 3.05) is 36.5 Å². The normalized spacial score (nSPS) is 18.6. The van der Waals surface area contributed by atoms with Gasteiger partial charge in [-0.1, -0.05) is 29.8 Å². The van der Waals surface area contributed by atoms with Gasteiger partial charge in [0.15, 0.2) is 0 Å². The minimum Gasteiger partial charge on any atom is -0.378 e. The van der Waals surface area contributed by atoms with Crippen molar-refractivity contribution >= 4 is 40.5 Å². The topological polar surface area (TPSA) is 41.6 Å². The first-order chi connectivity index (χ1) is 11.7. The standard InChI is InChI=1S/C19H17ClN2O2/c20-14-3-6-16-17(19(23)21-18(16)12-14)11-13-1-4-15(5-2-13)22-7-9-24-10-8-22/h1-6,11-12H,7-10H2,(H,21,23)/b17-11-. The van der Waals surface area contributed by atoms with Gasteiger partial charge >= 0.3 is 0 Å². The zero-order valence-electron chi connectivity index (χ0n) is 13.1. The summed E-state index contributed by atoms with van der Waals surface area (Å²) in [5.74, 6) is -0.0930. The van der Waals surface area contributed by atoms with E-state index >= 15 is 0 Å². The molecule has 5 heteroatoms. The summed E-state index contributed by atoms with van der Waals surface area (Å²) < 4.78 is 5.38. The van der Waals surface area contributed by atoms with E-state index in [-0.39, 0.29) is 5.91 Å². The van der Waals surface area contributed by atoms with Gasteiger partial charge in [0.05, 0.1) is 18.9 Å². The van der Waals surface area contributed by atoms with Gasteiger partial charge in [-0.2, -0.15) is 0 Å². The SMILES string of the molecule is O=C1Nc2cc(Cl)ccc2/C1=C/c1ccc(N2CCOCC2)cc1. The summed E-state index contributed by atoms with van der Waals surface area (Å²) in [5, 5.41) is 3.47. The number of halogens is 1. The van der Waals surface area contributed by atoms with Crippen LogP contribution in [0.5, 0.6) is 0 Å². The molecule has 0 spiro atoms. The first-order valence-electron chi connectivity index (χ1n) is 7.96. The largest absolute Gasteiger partial charge is 0.378 e. The highest BCUT2D eigenvalue weighted by atomic mass is 35.5. The average molecular weight is 341 g/mol. The average Bonchev–Trinajstić information content (AvgIpc) is 2.91. The van der Waals surface area contributed by atoms with Crippen LogP contribution in [0.2, 0.25) is 5.02 Å². The smallest absolute Gasteiger partial charge is 0.256 e. The fraction of sp³-hybridized carbons (Fsp3) is 0.211. The van der Waals surface area contributed by atoms with Gasteiger partial charge in [0.1, 0.15) is 0 Å². The van der Waals surface area contributed by atoms with Crippen LogP contribution in [0, 0.1) is 0 Å². The summed E-state index contributed by atoms with van der Waals surface area (Å²) in [6.07, 6.45) is 1.91. The van der Waals surface area contributed by atoms with Gasteiger partial charge in [-0.25, -0.2) is 0 Å². The van der Waals surface area contributed by atoms with E-state index in [0.717, 1.165) is 43.1 Å². The molecule has 1 fully saturated rings. The second kappa shape index (κ2) is 6.30. The summed E-state index contributed by atoms with van der Waals surface area (Å²) in [6, 6.07) is 13.7. The number of ether oxygens (including phenoxy) is 1. The minimum atomic E-state index is -0.0930.